The van der Waals surface area contributed by atoms with Gasteiger partial charge in [-0.15, -0.1) is 0 Å². The second kappa shape index (κ2) is 4.55. The molecule has 1 heterocycles. The van der Waals surface area contributed by atoms with Gasteiger partial charge in [0.05, 0.1) is 0 Å². The van der Waals surface area contributed by atoms with E-state index in [2.05, 4.69) is 14.9 Å². The summed E-state index contributed by atoms with van der Waals surface area (Å²) < 4.78 is 4.59. The molecule has 0 N–H and O–H groups in total. The molecule has 15 heavy (non-hydrogen) atoms. The van der Waals surface area contributed by atoms with Gasteiger partial charge in [0.2, 0.25) is 0 Å². The maximum atomic E-state index is 11.8. The first-order valence-electron chi connectivity index (χ1n) is 5.58. The average Bonchev–Trinajstić information content (AvgIpc) is 2.85. The second-order valence-corrected chi connectivity index (χ2v) is 4.24. The Kier molecular flexibility index (Phi) is 3.14. The molecule has 0 bridgehead atoms. The minimum Gasteiger partial charge on any atom is -0.299 e. The predicted molar refractivity (Wildman–Crippen MR) is 54.3 cm³/mol. The van der Waals surface area contributed by atoms with Gasteiger partial charge in [-0.3, -0.25) is 4.79 Å². The normalized spacial score (nSPS) is 17.1. The van der Waals surface area contributed by atoms with Crippen LogP contribution in [0.4, 0.5) is 0 Å². The van der Waals surface area contributed by atoms with Crippen molar-refractivity contribution in [2.75, 3.05) is 0 Å². The molecule has 4 nitrogen and oxygen atoms in total. The van der Waals surface area contributed by atoms with Gasteiger partial charge in [-0.05, 0) is 19.8 Å². The van der Waals surface area contributed by atoms with Crippen LogP contribution >= 0.6 is 0 Å². The molecular weight excluding hydrogens is 192 g/mol. The standard InChI is InChI=1S/C11H16N2O2/c1-8-10(13-15-12-8)6-7-11(14)9-4-2-3-5-9/h9H,2-7H2,1H3. The molecule has 0 unspecified atom stereocenters. The monoisotopic (exact) mass is 208 g/mol. The van der Waals surface area contributed by atoms with Crippen molar-refractivity contribution < 1.29 is 9.42 Å². The van der Waals surface area contributed by atoms with Crippen LogP contribution in [-0.2, 0) is 11.2 Å². The molecule has 1 saturated carbocycles. The zero-order valence-corrected chi connectivity index (χ0v) is 9.03. The number of hydrogen-bond donors (Lipinski definition) is 0. The third-order valence-electron chi connectivity index (χ3n) is 3.17. The summed E-state index contributed by atoms with van der Waals surface area (Å²) in [5.41, 5.74) is 1.62. The highest BCUT2D eigenvalue weighted by Crippen LogP contribution is 2.26. The smallest absolute Gasteiger partial charge is 0.136 e. The third kappa shape index (κ3) is 2.43. The van der Waals surface area contributed by atoms with Crippen molar-refractivity contribution in [2.24, 2.45) is 5.92 Å². The molecule has 0 saturated heterocycles. The summed E-state index contributed by atoms with van der Waals surface area (Å²) >= 11 is 0. The summed E-state index contributed by atoms with van der Waals surface area (Å²) in [6, 6.07) is 0. The first-order chi connectivity index (χ1) is 7.27. The van der Waals surface area contributed by atoms with Gasteiger partial charge in [0.25, 0.3) is 0 Å². The number of hydrogen-bond acceptors (Lipinski definition) is 4. The van der Waals surface area contributed by atoms with E-state index < -0.39 is 0 Å². The molecular formula is C11H16N2O2. The largest absolute Gasteiger partial charge is 0.299 e. The number of Topliss-reactive ketones (excluding diaryl/α,β-unsaturated/α-hetero) is 1. The average molecular weight is 208 g/mol. The lowest BCUT2D eigenvalue weighted by atomic mass is 9.98. The van der Waals surface area contributed by atoms with Gasteiger partial charge < -0.3 is 0 Å². The predicted octanol–water partition coefficient (Wildman–Crippen LogP) is 2.07. The van der Waals surface area contributed by atoms with Gasteiger partial charge in [0, 0.05) is 18.8 Å². The van der Waals surface area contributed by atoms with E-state index in [4.69, 9.17) is 0 Å². The number of rotatable bonds is 4. The first-order valence-corrected chi connectivity index (χ1v) is 5.58. The highest BCUT2D eigenvalue weighted by molar-refractivity contribution is 5.81. The Balaban J connectivity index is 1.83. The Morgan fingerprint density at radius 1 is 1.40 bits per heavy atom. The first kappa shape index (κ1) is 10.3. The fourth-order valence-corrected chi connectivity index (χ4v) is 2.17. The van der Waals surface area contributed by atoms with E-state index in [1.165, 1.54) is 12.8 Å². The molecule has 1 aliphatic rings. The Bertz CT molecular complexity index is 340. The number of ketones is 1. The topological polar surface area (TPSA) is 56.0 Å². The summed E-state index contributed by atoms with van der Waals surface area (Å²) in [4.78, 5) is 11.8. The Morgan fingerprint density at radius 2 is 2.13 bits per heavy atom. The molecule has 1 aliphatic carbocycles. The fraction of sp³-hybridized carbons (Fsp3) is 0.727. The molecule has 1 aromatic rings. The molecule has 0 aliphatic heterocycles. The van der Waals surface area contributed by atoms with Crippen molar-refractivity contribution in [3.8, 4) is 0 Å². The lowest BCUT2D eigenvalue weighted by Crippen LogP contribution is -2.11. The van der Waals surface area contributed by atoms with Gasteiger partial charge >= 0.3 is 0 Å². The summed E-state index contributed by atoms with van der Waals surface area (Å²) in [6.07, 6.45) is 5.83. The van der Waals surface area contributed by atoms with Gasteiger partial charge in [-0.1, -0.05) is 23.2 Å². The lowest BCUT2D eigenvalue weighted by Gasteiger charge is -2.05. The number of carbonyl (C=O) groups excluding carboxylic acids is 1. The Hall–Kier alpha value is -1.19. The van der Waals surface area contributed by atoms with E-state index in [0.717, 1.165) is 24.2 Å². The van der Waals surface area contributed by atoms with Crippen LogP contribution in [0.15, 0.2) is 4.63 Å². The quantitative estimate of drug-likeness (QED) is 0.760. The summed E-state index contributed by atoms with van der Waals surface area (Å²) in [6.45, 7) is 1.85. The van der Waals surface area contributed by atoms with E-state index in [1.54, 1.807) is 0 Å². The van der Waals surface area contributed by atoms with E-state index in [-0.39, 0.29) is 0 Å². The zero-order valence-electron chi connectivity index (χ0n) is 9.03. The van der Waals surface area contributed by atoms with Crippen LogP contribution in [0.25, 0.3) is 0 Å². The number of aryl methyl sites for hydroxylation is 2. The van der Waals surface area contributed by atoms with Gasteiger partial charge in [-0.25, -0.2) is 4.63 Å². The lowest BCUT2D eigenvalue weighted by molar-refractivity contribution is -0.122. The molecule has 0 amide bonds. The molecule has 0 atom stereocenters. The van der Waals surface area contributed by atoms with Crippen molar-refractivity contribution >= 4 is 5.78 Å². The molecule has 0 spiro atoms. The van der Waals surface area contributed by atoms with Crippen LogP contribution in [-0.4, -0.2) is 16.1 Å². The molecule has 2 rings (SSSR count). The van der Waals surface area contributed by atoms with E-state index in [1.807, 2.05) is 6.92 Å². The minimum absolute atomic E-state index is 0.310. The molecule has 1 aromatic heterocycles. The second-order valence-electron chi connectivity index (χ2n) is 4.24. The van der Waals surface area contributed by atoms with Crippen LogP contribution in [0.5, 0.6) is 0 Å². The molecule has 82 valence electrons. The third-order valence-corrected chi connectivity index (χ3v) is 3.17. The van der Waals surface area contributed by atoms with Crippen molar-refractivity contribution in [3.63, 3.8) is 0 Å². The summed E-state index contributed by atoms with van der Waals surface area (Å²) in [5, 5.41) is 7.47. The number of aromatic nitrogens is 2. The zero-order chi connectivity index (χ0) is 10.7. The van der Waals surface area contributed by atoms with Crippen LogP contribution in [0, 0.1) is 12.8 Å². The van der Waals surface area contributed by atoms with Crippen molar-refractivity contribution in [2.45, 2.75) is 45.4 Å². The van der Waals surface area contributed by atoms with Crippen LogP contribution in [0.2, 0.25) is 0 Å². The molecule has 4 heteroatoms. The molecule has 0 aromatic carbocycles. The highest BCUT2D eigenvalue weighted by atomic mass is 16.6. The van der Waals surface area contributed by atoms with Gasteiger partial charge in [0.1, 0.15) is 17.2 Å². The number of nitrogens with zero attached hydrogens (tertiary/aromatic N) is 2. The van der Waals surface area contributed by atoms with Crippen LogP contribution < -0.4 is 0 Å². The Labute approximate surface area is 89.0 Å². The maximum Gasteiger partial charge on any atom is 0.136 e. The molecule has 0 radical (unpaired) electrons. The van der Waals surface area contributed by atoms with E-state index >= 15 is 0 Å². The van der Waals surface area contributed by atoms with Crippen LogP contribution in [0.1, 0.15) is 43.5 Å². The van der Waals surface area contributed by atoms with Crippen molar-refractivity contribution in [1.82, 2.24) is 10.3 Å². The van der Waals surface area contributed by atoms with Crippen molar-refractivity contribution in [3.05, 3.63) is 11.4 Å². The van der Waals surface area contributed by atoms with Crippen LogP contribution in [0.3, 0.4) is 0 Å². The van der Waals surface area contributed by atoms with Crippen molar-refractivity contribution in [1.29, 1.82) is 0 Å². The Morgan fingerprint density at radius 3 is 2.73 bits per heavy atom. The molecule has 1 fully saturated rings. The SMILES string of the molecule is Cc1nonc1CCC(=O)C1CCCC1. The van der Waals surface area contributed by atoms with Gasteiger partial charge in [0.15, 0.2) is 0 Å². The summed E-state index contributed by atoms with van der Waals surface area (Å²) in [7, 11) is 0. The highest BCUT2D eigenvalue weighted by Gasteiger charge is 2.22. The van der Waals surface area contributed by atoms with Gasteiger partial charge in [-0.2, -0.15) is 0 Å². The van der Waals surface area contributed by atoms with E-state index in [9.17, 15) is 4.79 Å². The minimum atomic E-state index is 0.310. The fourth-order valence-electron chi connectivity index (χ4n) is 2.17. The maximum absolute atomic E-state index is 11.8. The van der Waals surface area contributed by atoms with E-state index in [0.29, 0.717) is 24.5 Å². The number of carbonyl (C=O) groups is 1. The summed E-state index contributed by atoms with van der Waals surface area (Å²) in [5.74, 6) is 0.695.